The van der Waals surface area contributed by atoms with E-state index in [1.807, 2.05) is 18.2 Å². The number of carbonyl (C=O) groups excluding carboxylic acids is 1. The number of hydrogen-bond donors (Lipinski definition) is 3. The van der Waals surface area contributed by atoms with Crippen molar-refractivity contribution in [2.45, 2.75) is 37.6 Å². The maximum Gasteiger partial charge on any atom is 0.251 e. The second-order valence-corrected chi connectivity index (χ2v) is 13.1. The highest BCUT2D eigenvalue weighted by Gasteiger charge is 2.33. The monoisotopic (exact) mass is 609 g/mol. The summed E-state index contributed by atoms with van der Waals surface area (Å²) in [5.41, 5.74) is 4.01. The number of methoxy groups -OCH3 is 2. The summed E-state index contributed by atoms with van der Waals surface area (Å²) in [4.78, 5) is 19.5. The fraction of sp³-hybridized carbons (Fsp3) is 0.419. The number of amides is 1. The van der Waals surface area contributed by atoms with E-state index in [-0.39, 0.29) is 24.5 Å². The zero-order valence-corrected chi connectivity index (χ0v) is 25.5. The smallest absolute Gasteiger partial charge is 0.251 e. The average molecular weight is 610 g/mol. The molecule has 1 fully saturated rings. The minimum atomic E-state index is -3.21. The van der Waals surface area contributed by atoms with Crippen LogP contribution in [0.15, 0.2) is 60.8 Å². The highest BCUT2D eigenvalue weighted by Crippen LogP contribution is 2.30. The Labute approximate surface area is 252 Å². The van der Waals surface area contributed by atoms with Gasteiger partial charge in [-0.2, -0.15) is 4.31 Å². The van der Waals surface area contributed by atoms with E-state index in [0.717, 1.165) is 24.2 Å². The number of fused-ring (bicyclic) bond motifs is 1. The van der Waals surface area contributed by atoms with Crippen molar-refractivity contribution in [2.24, 2.45) is 0 Å². The number of anilines is 1. The van der Waals surface area contributed by atoms with Crippen molar-refractivity contribution < 1.29 is 27.8 Å². The Bertz CT molecular complexity index is 1520. The van der Waals surface area contributed by atoms with Crippen LogP contribution < -0.4 is 20.1 Å². The average Bonchev–Trinajstić information content (AvgIpc) is 3.41. The number of aliphatic hydroxyl groups is 1. The van der Waals surface area contributed by atoms with E-state index in [2.05, 4.69) is 44.8 Å². The van der Waals surface area contributed by atoms with Crippen LogP contribution in [0.3, 0.4) is 0 Å². The van der Waals surface area contributed by atoms with Gasteiger partial charge >= 0.3 is 0 Å². The van der Waals surface area contributed by atoms with Crippen molar-refractivity contribution in [3.63, 3.8) is 0 Å². The normalized spacial score (nSPS) is 16.4. The second kappa shape index (κ2) is 13.3. The number of benzene rings is 2. The number of hydrogen-bond acceptors (Lipinski definition) is 9. The first-order chi connectivity index (χ1) is 20.6. The summed E-state index contributed by atoms with van der Waals surface area (Å²) in [6.45, 7) is 1.71. The van der Waals surface area contributed by atoms with Crippen LogP contribution in [-0.2, 0) is 29.4 Å². The number of nitrogens with zero attached hydrogens (tertiary/aromatic N) is 3. The van der Waals surface area contributed by atoms with Crippen LogP contribution in [0.1, 0.15) is 27.0 Å². The Morgan fingerprint density at radius 3 is 2.47 bits per heavy atom. The number of nitrogens with one attached hydrogen (secondary N) is 2. The fourth-order valence-corrected chi connectivity index (χ4v) is 6.55. The standard InChI is InChI=1S/C31H39N5O6S/c1-41-28-9-8-24(29(15-28)42-2)17-35(26-12-21-6-4-5-7-22(21)13-26)20-27(37)16-33-31(38)23-10-11-32-30(14-23)34-25-18-36(19-25)43(3,39)40/h4-11,14-15,25-27,37H,12-13,16-20H2,1-3H3,(H,32,34)(H,33,38)/t27-/m1/s1. The predicted molar refractivity (Wildman–Crippen MR) is 164 cm³/mol. The van der Waals surface area contributed by atoms with E-state index in [4.69, 9.17) is 9.47 Å². The molecule has 0 spiro atoms. The number of carbonyl (C=O) groups is 1. The van der Waals surface area contributed by atoms with Gasteiger partial charge < -0.3 is 25.2 Å². The lowest BCUT2D eigenvalue weighted by Crippen LogP contribution is -2.56. The van der Waals surface area contributed by atoms with Crippen LogP contribution in [0.5, 0.6) is 11.5 Å². The highest BCUT2D eigenvalue weighted by atomic mass is 32.2. The van der Waals surface area contributed by atoms with E-state index in [1.54, 1.807) is 26.4 Å². The lowest BCUT2D eigenvalue weighted by Gasteiger charge is -2.37. The minimum absolute atomic E-state index is 0.0700. The number of aliphatic hydroxyl groups excluding tert-OH is 1. The molecule has 0 bridgehead atoms. The molecule has 3 N–H and O–H groups in total. The van der Waals surface area contributed by atoms with E-state index < -0.39 is 16.1 Å². The molecule has 2 aliphatic rings. The van der Waals surface area contributed by atoms with Crippen molar-refractivity contribution >= 4 is 21.7 Å². The Morgan fingerprint density at radius 1 is 1.09 bits per heavy atom. The lowest BCUT2D eigenvalue weighted by atomic mass is 10.1. The first kappa shape index (κ1) is 30.7. The number of aromatic nitrogens is 1. The van der Waals surface area contributed by atoms with E-state index in [1.165, 1.54) is 27.9 Å². The molecule has 1 aliphatic heterocycles. The molecule has 1 aromatic heterocycles. The SMILES string of the molecule is COc1ccc(CN(C[C@H](O)CNC(=O)c2ccnc(NC3CN(S(C)(=O)=O)C3)c2)C2Cc3ccccc3C2)c(OC)c1. The molecule has 5 rings (SSSR count). The Morgan fingerprint density at radius 2 is 1.81 bits per heavy atom. The topological polar surface area (TPSA) is 133 Å². The molecule has 0 unspecified atom stereocenters. The zero-order valence-electron chi connectivity index (χ0n) is 24.7. The molecule has 1 atom stereocenters. The molecule has 12 heteroatoms. The van der Waals surface area contributed by atoms with Crippen molar-refractivity contribution in [3.05, 3.63) is 83.0 Å². The molecule has 1 amide bonds. The maximum absolute atomic E-state index is 13.0. The van der Waals surface area contributed by atoms with Crippen LogP contribution in [0.2, 0.25) is 0 Å². The highest BCUT2D eigenvalue weighted by molar-refractivity contribution is 7.88. The molecule has 3 aromatic rings. The number of pyridine rings is 1. The molecule has 1 aliphatic carbocycles. The van der Waals surface area contributed by atoms with E-state index in [9.17, 15) is 18.3 Å². The number of sulfonamides is 1. The Hall–Kier alpha value is -3.71. The van der Waals surface area contributed by atoms with E-state index in [0.29, 0.717) is 43.3 Å². The van der Waals surface area contributed by atoms with Crippen molar-refractivity contribution in [1.82, 2.24) is 19.5 Å². The molecule has 43 heavy (non-hydrogen) atoms. The quantitative estimate of drug-likeness (QED) is 0.266. The van der Waals surface area contributed by atoms with Gasteiger partial charge in [-0.1, -0.05) is 30.3 Å². The van der Waals surface area contributed by atoms with Crippen LogP contribution in [0.25, 0.3) is 0 Å². The first-order valence-corrected chi connectivity index (χ1v) is 16.1. The molecule has 0 saturated carbocycles. The van der Waals surface area contributed by atoms with Crippen LogP contribution in [0.4, 0.5) is 5.82 Å². The molecule has 1 saturated heterocycles. The van der Waals surface area contributed by atoms with Crippen molar-refractivity contribution in [1.29, 1.82) is 0 Å². The van der Waals surface area contributed by atoms with Gasteiger partial charge in [0.2, 0.25) is 10.0 Å². The first-order valence-electron chi connectivity index (χ1n) is 14.3. The summed E-state index contributed by atoms with van der Waals surface area (Å²) >= 11 is 0. The zero-order chi connectivity index (χ0) is 30.6. The van der Waals surface area contributed by atoms with Gasteiger partial charge in [0.15, 0.2) is 0 Å². The van der Waals surface area contributed by atoms with Gasteiger partial charge in [0.1, 0.15) is 17.3 Å². The summed E-state index contributed by atoms with van der Waals surface area (Å²) in [5, 5.41) is 17.1. The molecular weight excluding hydrogens is 570 g/mol. The van der Waals surface area contributed by atoms with Gasteiger partial charge in [-0.15, -0.1) is 0 Å². The van der Waals surface area contributed by atoms with Crippen LogP contribution in [0, 0.1) is 0 Å². The Balaban J connectivity index is 1.21. The summed E-state index contributed by atoms with van der Waals surface area (Å²) in [5.74, 6) is 1.59. The third kappa shape index (κ3) is 7.63. The molecule has 0 radical (unpaired) electrons. The van der Waals surface area contributed by atoms with E-state index >= 15 is 0 Å². The fourth-order valence-electron chi connectivity index (χ4n) is 5.65. The van der Waals surface area contributed by atoms with Gasteiger partial charge in [-0.3, -0.25) is 9.69 Å². The molecule has 2 heterocycles. The van der Waals surface area contributed by atoms with Crippen LogP contribution in [-0.4, -0.2) is 98.5 Å². The minimum Gasteiger partial charge on any atom is -0.497 e. The molecule has 11 nitrogen and oxygen atoms in total. The van der Waals surface area contributed by atoms with Gasteiger partial charge in [0.05, 0.1) is 32.6 Å². The molecular formula is C31H39N5O6S. The predicted octanol–water partition coefficient (Wildman–Crippen LogP) is 1.91. The Kier molecular flexibility index (Phi) is 9.50. The third-order valence-corrected chi connectivity index (χ3v) is 9.28. The summed E-state index contributed by atoms with van der Waals surface area (Å²) in [7, 11) is 0.0414. The largest absolute Gasteiger partial charge is 0.497 e. The summed E-state index contributed by atoms with van der Waals surface area (Å²) in [6, 6.07) is 17.5. The van der Waals surface area contributed by atoms with Gasteiger partial charge in [-0.25, -0.2) is 13.4 Å². The van der Waals surface area contributed by atoms with Gasteiger partial charge in [0, 0.05) is 62.2 Å². The van der Waals surface area contributed by atoms with Gasteiger partial charge in [-0.05, 0) is 42.2 Å². The van der Waals surface area contributed by atoms with Crippen molar-refractivity contribution in [3.8, 4) is 11.5 Å². The summed E-state index contributed by atoms with van der Waals surface area (Å²) < 4.78 is 35.6. The van der Waals surface area contributed by atoms with Gasteiger partial charge in [0.25, 0.3) is 5.91 Å². The van der Waals surface area contributed by atoms with Crippen LogP contribution >= 0.6 is 0 Å². The molecule has 230 valence electrons. The molecule has 2 aromatic carbocycles. The number of rotatable bonds is 13. The maximum atomic E-state index is 13.0. The second-order valence-electron chi connectivity index (χ2n) is 11.2. The summed E-state index contributed by atoms with van der Waals surface area (Å²) in [6.07, 6.45) is 3.66. The number of ether oxygens (including phenoxy) is 2. The van der Waals surface area contributed by atoms with Crippen molar-refractivity contribution in [2.75, 3.05) is 52.0 Å². The lowest BCUT2D eigenvalue weighted by molar-refractivity contribution is 0.0747. The third-order valence-electron chi connectivity index (χ3n) is 8.05.